The zero-order valence-corrected chi connectivity index (χ0v) is 19.2. The van der Waals surface area contributed by atoms with E-state index in [1.165, 1.54) is 5.56 Å². The van der Waals surface area contributed by atoms with Crippen molar-refractivity contribution in [2.24, 2.45) is 4.99 Å². The first-order valence-electron chi connectivity index (χ1n) is 8.91. The SMILES string of the molecule is CN=C(NCCN(C)CCCOC)NCC(c1ccccc1)N(C)C.I. The van der Waals surface area contributed by atoms with Crippen LogP contribution in [-0.4, -0.2) is 83.8 Å². The predicted octanol–water partition coefficient (Wildman–Crippen LogP) is 2.04. The van der Waals surface area contributed by atoms with Crippen LogP contribution in [0.5, 0.6) is 0 Å². The fourth-order valence-electron chi connectivity index (χ4n) is 2.64. The van der Waals surface area contributed by atoms with Crippen LogP contribution in [-0.2, 0) is 4.74 Å². The average molecular weight is 477 g/mol. The number of likely N-dealkylation sites (N-methyl/N-ethyl adjacent to an activating group) is 2. The molecule has 0 saturated heterocycles. The first-order chi connectivity index (χ1) is 12.1. The van der Waals surface area contributed by atoms with Gasteiger partial charge in [0.05, 0.1) is 6.04 Å². The second-order valence-corrected chi connectivity index (χ2v) is 6.42. The van der Waals surface area contributed by atoms with Gasteiger partial charge in [0.1, 0.15) is 0 Å². The minimum atomic E-state index is 0. The van der Waals surface area contributed by atoms with Gasteiger partial charge in [-0.3, -0.25) is 4.99 Å². The summed E-state index contributed by atoms with van der Waals surface area (Å²) in [7, 11) is 9.89. The Morgan fingerprint density at radius 3 is 2.38 bits per heavy atom. The van der Waals surface area contributed by atoms with E-state index in [2.05, 4.69) is 70.8 Å². The van der Waals surface area contributed by atoms with Crippen molar-refractivity contribution in [3.63, 3.8) is 0 Å². The second-order valence-electron chi connectivity index (χ2n) is 6.42. The van der Waals surface area contributed by atoms with Crippen LogP contribution in [0.3, 0.4) is 0 Å². The maximum atomic E-state index is 5.09. The Balaban J connectivity index is 0.00000625. The quantitative estimate of drug-likeness (QED) is 0.221. The van der Waals surface area contributed by atoms with Gasteiger partial charge in [-0.05, 0) is 33.1 Å². The number of rotatable bonds is 11. The van der Waals surface area contributed by atoms with E-state index in [1.807, 2.05) is 13.1 Å². The van der Waals surface area contributed by atoms with Crippen LogP contribution in [0.1, 0.15) is 18.0 Å². The lowest BCUT2D eigenvalue weighted by Crippen LogP contribution is -2.44. The summed E-state index contributed by atoms with van der Waals surface area (Å²) in [5.74, 6) is 0.841. The molecule has 1 aromatic carbocycles. The zero-order valence-electron chi connectivity index (χ0n) is 16.9. The molecule has 7 heteroatoms. The van der Waals surface area contributed by atoms with Crippen LogP contribution in [0, 0.1) is 0 Å². The van der Waals surface area contributed by atoms with Crippen molar-refractivity contribution >= 4 is 29.9 Å². The monoisotopic (exact) mass is 477 g/mol. The van der Waals surface area contributed by atoms with Crippen LogP contribution >= 0.6 is 24.0 Å². The van der Waals surface area contributed by atoms with Gasteiger partial charge in [0, 0.05) is 46.9 Å². The van der Waals surface area contributed by atoms with Gasteiger partial charge in [0.25, 0.3) is 0 Å². The first kappa shape index (κ1) is 25.1. The highest BCUT2D eigenvalue weighted by molar-refractivity contribution is 14.0. The molecule has 0 aliphatic heterocycles. The molecule has 1 aromatic rings. The van der Waals surface area contributed by atoms with Crippen LogP contribution < -0.4 is 10.6 Å². The van der Waals surface area contributed by atoms with Crippen molar-refractivity contribution in [3.8, 4) is 0 Å². The summed E-state index contributed by atoms with van der Waals surface area (Å²) in [5.41, 5.74) is 1.30. The van der Waals surface area contributed by atoms with E-state index in [0.717, 1.165) is 45.2 Å². The molecule has 0 amide bonds. The van der Waals surface area contributed by atoms with Crippen LogP contribution in [0.15, 0.2) is 35.3 Å². The maximum Gasteiger partial charge on any atom is 0.191 e. The minimum Gasteiger partial charge on any atom is -0.385 e. The molecule has 1 unspecified atom stereocenters. The van der Waals surface area contributed by atoms with Crippen LogP contribution in [0.25, 0.3) is 0 Å². The van der Waals surface area contributed by atoms with Crippen molar-refractivity contribution in [1.82, 2.24) is 20.4 Å². The molecule has 0 aromatic heterocycles. The fraction of sp³-hybridized carbons (Fsp3) is 0.632. The zero-order chi connectivity index (χ0) is 18.5. The van der Waals surface area contributed by atoms with E-state index in [1.54, 1.807) is 7.11 Å². The van der Waals surface area contributed by atoms with Crippen molar-refractivity contribution < 1.29 is 4.74 Å². The third kappa shape index (κ3) is 10.3. The Morgan fingerprint density at radius 2 is 1.81 bits per heavy atom. The summed E-state index contributed by atoms with van der Waals surface area (Å²) < 4.78 is 5.09. The minimum absolute atomic E-state index is 0. The molecule has 0 saturated carbocycles. The Kier molecular flexibility index (Phi) is 14.7. The third-order valence-electron chi connectivity index (χ3n) is 4.17. The number of hydrogen-bond acceptors (Lipinski definition) is 4. The molecule has 1 rings (SSSR count). The number of hydrogen-bond donors (Lipinski definition) is 2. The highest BCUT2D eigenvalue weighted by Gasteiger charge is 2.14. The lowest BCUT2D eigenvalue weighted by Gasteiger charge is -2.26. The van der Waals surface area contributed by atoms with Crippen molar-refractivity contribution in [2.75, 3.05) is 68.1 Å². The fourth-order valence-corrected chi connectivity index (χ4v) is 2.64. The van der Waals surface area contributed by atoms with E-state index >= 15 is 0 Å². The van der Waals surface area contributed by atoms with Crippen molar-refractivity contribution in [3.05, 3.63) is 35.9 Å². The molecule has 26 heavy (non-hydrogen) atoms. The highest BCUT2D eigenvalue weighted by Crippen LogP contribution is 2.16. The maximum absolute atomic E-state index is 5.09. The molecule has 0 aliphatic carbocycles. The molecule has 0 fully saturated rings. The topological polar surface area (TPSA) is 52.1 Å². The van der Waals surface area contributed by atoms with Crippen LogP contribution in [0.4, 0.5) is 0 Å². The summed E-state index contributed by atoms with van der Waals surface area (Å²) in [5, 5.41) is 6.82. The molecule has 1 atom stereocenters. The van der Waals surface area contributed by atoms with Crippen LogP contribution in [0.2, 0.25) is 0 Å². The molecule has 0 bridgehead atoms. The summed E-state index contributed by atoms with van der Waals surface area (Å²) in [6.07, 6.45) is 1.06. The smallest absolute Gasteiger partial charge is 0.191 e. The number of methoxy groups -OCH3 is 1. The normalized spacial score (nSPS) is 12.8. The molecule has 2 N–H and O–H groups in total. The van der Waals surface area contributed by atoms with E-state index < -0.39 is 0 Å². The summed E-state index contributed by atoms with van der Waals surface area (Å²) in [6, 6.07) is 10.8. The molecular formula is C19H36IN5O. The molecule has 0 heterocycles. The number of benzene rings is 1. The first-order valence-corrected chi connectivity index (χ1v) is 8.91. The van der Waals surface area contributed by atoms with Gasteiger partial charge in [-0.15, -0.1) is 24.0 Å². The Bertz CT molecular complexity index is 484. The summed E-state index contributed by atoms with van der Waals surface area (Å²) in [4.78, 5) is 8.84. The van der Waals surface area contributed by atoms with Gasteiger partial charge < -0.3 is 25.2 Å². The van der Waals surface area contributed by atoms with Gasteiger partial charge in [-0.1, -0.05) is 30.3 Å². The second kappa shape index (κ2) is 15.2. The van der Waals surface area contributed by atoms with Gasteiger partial charge >= 0.3 is 0 Å². The Labute approximate surface area is 176 Å². The number of halogens is 1. The molecule has 150 valence electrons. The van der Waals surface area contributed by atoms with Gasteiger partial charge in [-0.2, -0.15) is 0 Å². The largest absolute Gasteiger partial charge is 0.385 e. The molecule has 0 aliphatic rings. The predicted molar refractivity (Wildman–Crippen MR) is 122 cm³/mol. The Hall–Kier alpha value is -0.900. The lowest BCUT2D eigenvalue weighted by molar-refractivity contribution is 0.180. The van der Waals surface area contributed by atoms with Gasteiger partial charge in [-0.25, -0.2) is 0 Å². The van der Waals surface area contributed by atoms with E-state index in [0.29, 0.717) is 6.04 Å². The highest BCUT2D eigenvalue weighted by atomic mass is 127. The summed E-state index contributed by atoms with van der Waals surface area (Å²) in [6.45, 7) is 4.49. The third-order valence-corrected chi connectivity index (χ3v) is 4.17. The van der Waals surface area contributed by atoms with Gasteiger partial charge in [0.2, 0.25) is 0 Å². The summed E-state index contributed by atoms with van der Waals surface area (Å²) >= 11 is 0. The van der Waals surface area contributed by atoms with E-state index in [4.69, 9.17) is 4.74 Å². The molecule has 0 spiro atoms. The number of nitrogens with zero attached hydrogens (tertiary/aromatic N) is 3. The number of ether oxygens (including phenoxy) is 1. The molecule has 0 radical (unpaired) electrons. The lowest BCUT2D eigenvalue weighted by atomic mass is 10.1. The van der Waals surface area contributed by atoms with E-state index in [-0.39, 0.29) is 24.0 Å². The average Bonchev–Trinajstić information content (AvgIpc) is 2.61. The Morgan fingerprint density at radius 1 is 1.12 bits per heavy atom. The molecule has 6 nitrogen and oxygen atoms in total. The van der Waals surface area contributed by atoms with Crippen molar-refractivity contribution in [1.29, 1.82) is 0 Å². The van der Waals surface area contributed by atoms with E-state index in [9.17, 15) is 0 Å². The van der Waals surface area contributed by atoms with Crippen molar-refractivity contribution in [2.45, 2.75) is 12.5 Å². The van der Waals surface area contributed by atoms with Gasteiger partial charge in [0.15, 0.2) is 5.96 Å². The number of nitrogens with one attached hydrogen (secondary N) is 2. The number of guanidine groups is 1. The standard InChI is InChI=1S/C19H35N5O.HI/c1-20-19(21-12-14-24(4)13-9-15-25-5)22-16-18(23(2)3)17-10-7-6-8-11-17;/h6-8,10-11,18H,9,12-16H2,1-5H3,(H2,20,21,22);1H. The number of aliphatic imine (C=N–C) groups is 1. The molecular weight excluding hydrogens is 441 g/mol.